The van der Waals surface area contributed by atoms with Gasteiger partial charge in [0.15, 0.2) is 0 Å². The molecule has 0 unspecified atom stereocenters. The van der Waals surface area contributed by atoms with E-state index in [1.54, 1.807) is 6.33 Å². The summed E-state index contributed by atoms with van der Waals surface area (Å²) in [5, 5.41) is 4.74. The maximum atomic E-state index is 12.8. The fourth-order valence-corrected chi connectivity index (χ4v) is 5.13. The van der Waals surface area contributed by atoms with Gasteiger partial charge < -0.3 is 19.9 Å². The molecule has 1 aromatic carbocycles. The minimum Gasteiger partial charge on any atom is -0.445 e. The average Bonchev–Trinajstić information content (AvgIpc) is 3.50. The number of benzene rings is 1. The van der Waals surface area contributed by atoms with Gasteiger partial charge in [-0.05, 0) is 49.7 Å². The number of nitrogens with one attached hydrogen (secondary N) is 2. The number of ether oxygens (including phenoxy) is 1. The van der Waals surface area contributed by atoms with Gasteiger partial charge in [-0.15, -0.1) is 0 Å². The van der Waals surface area contributed by atoms with E-state index in [4.69, 9.17) is 4.74 Å². The number of carbonyl (C=O) groups excluding carboxylic acids is 1. The van der Waals surface area contributed by atoms with Crippen LogP contribution >= 0.6 is 0 Å². The van der Waals surface area contributed by atoms with Crippen molar-refractivity contribution in [3.05, 3.63) is 54.0 Å². The molecule has 32 heavy (non-hydrogen) atoms. The number of rotatable bonds is 5. The predicted octanol–water partition coefficient (Wildman–Crippen LogP) is 5.22. The predicted molar refractivity (Wildman–Crippen MR) is 125 cm³/mol. The van der Waals surface area contributed by atoms with E-state index < -0.39 is 0 Å². The lowest BCUT2D eigenvalue weighted by molar-refractivity contribution is 0.0696. The number of carbonyl (C=O) groups is 1. The summed E-state index contributed by atoms with van der Waals surface area (Å²) in [6.07, 6.45) is 10.4. The maximum absolute atomic E-state index is 12.8. The highest BCUT2D eigenvalue weighted by Gasteiger charge is 2.31. The number of hydrogen-bond donors (Lipinski definition) is 2. The summed E-state index contributed by atoms with van der Waals surface area (Å²) in [7, 11) is 0. The summed E-state index contributed by atoms with van der Waals surface area (Å²) in [4.78, 5) is 27.0. The third-order valence-corrected chi connectivity index (χ3v) is 6.96. The van der Waals surface area contributed by atoms with E-state index in [9.17, 15) is 4.79 Å². The fourth-order valence-electron chi connectivity index (χ4n) is 5.13. The molecule has 168 valence electrons. The van der Waals surface area contributed by atoms with E-state index in [0.717, 1.165) is 35.3 Å². The SMILES string of the molecule is C[C@H]1CC[C@@H](Nc2ncnc3[nH]cc(C4CCCC4)c23)CN1C(=O)OCc1ccccc1. The van der Waals surface area contributed by atoms with Gasteiger partial charge in [0, 0.05) is 24.8 Å². The summed E-state index contributed by atoms with van der Waals surface area (Å²) in [5.41, 5.74) is 3.20. The van der Waals surface area contributed by atoms with E-state index in [2.05, 4.69) is 33.4 Å². The topological polar surface area (TPSA) is 83.1 Å². The van der Waals surface area contributed by atoms with Crippen LogP contribution in [0.25, 0.3) is 11.0 Å². The van der Waals surface area contributed by atoms with Crippen molar-refractivity contribution in [3.63, 3.8) is 0 Å². The van der Waals surface area contributed by atoms with Gasteiger partial charge in [0.05, 0.1) is 5.39 Å². The lowest BCUT2D eigenvalue weighted by Gasteiger charge is -2.37. The number of hydrogen-bond acceptors (Lipinski definition) is 5. The number of H-pyrrole nitrogens is 1. The zero-order valence-electron chi connectivity index (χ0n) is 18.6. The van der Waals surface area contributed by atoms with Crippen LogP contribution in [0.1, 0.15) is 62.5 Å². The van der Waals surface area contributed by atoms with Gasteiger partial charge >= 0.3 is 6.09 Å². The van der Waals surface area contributed by atoms with Crippen LogP contribution in [0, 0.1) is 0 Å². The summed E-state index contributed by atoms with van der Waals surface area (Å²) >= 11 is 0. The fraction of sp³-hybridized carbons (Fsp3) is 0.480. The Bertz CT molecular complexity index is 1060. The van der Waals surface area contributed by atoms with Crippen LogP contribution in [0.4, 0.5) is 10.6 Å². The third-order valence-electron chi connectivity index (χ3n) is 6.96. The van der Waals surface area contributed by atoms with Gasteiger partial charge in [0.2, 0.25) is 0 Å². The second-order valence-corrected chi connectivity index (χ2v) is 9.13. The number of amides is 1. The number of aromatic nitrogens is 3. The molecular formula is C25H31N5O2. The molecule has 0 bridgehead atoms. The van der Waals surface area contributed by atoms with Crippen molar-refractivity contribution in [2.24, 2.45) is 0 Å². The highest BCUT2D eigenvalue weighted by Crippen LogP contribution is 2.39. The van der Waals surface area contributed by atoms with Crippen molar-refractivity contribution < 1.29 is 9.53 Å². The number of likely N-dealkylation sites (tertiary alicyclic amines) is 1. The van der Waals surface area contributed by atoms with Gasteiger partial charge in [0.25, 0.3) is 0 Å². The van der Waals surface area contributed by atoms with E-state index in [-0.39, 0.29) is 18.2 Å². The largest absolute Gasteiger partial charge is 0.445 e. The second-order valence-electron chi connectivity index (χ2n) is 9.13. The van der Waals surface area contributed by atoms with E-state index in [1.807, 2.05) is 35.2 Å². The molecule has 3 aromatic rings. The molecule has 1 amide bonds. The normalized spacial score (nSPS) is 21.7. The van der Waals surface area contributed by atoms with Crippen molar-refractivity contribution >= 4 is 22.9 Å². The molecule has 0 spiro atoms. The standard InChI is InChI=1S/C25H31N5O2/c1-17-11-12-20(14-30(17)25(31)32-15-18-7-3-2-4-8-18)29-24-22-21(19-9-5-6-10-19)13-26-23(22)27-16-28-24/h2-4,7-8,13,16-17,19-20H,5-6,9-12,14-15H2,1H3,(H2,26,27,28,29)/t17-,20+/m0/s1. The number of nitrogens with zero attached hydrogens (tertiary/aromatic N) is 3. The van der Waals surface area contributed by atoms with Crippen LogP contribution in [-0.4, -0.2) is 44.6 Å². The quantitative estimate of drug-likeness (QED) is 0.577. The number of anilines is 1. The van der Waals surface area contributed by atoms with Crippen molar-refractivity contribution in [2.45, 2.75) is 70.1 Å². The summed E-state index contributed by atoms with van der Waals surface area (Å²) in [6, 6.07) is 10.1. The highest BCUT2D eigenvalue weighted by molar-refractivity contribution is 5.91. The molecular weight excluding hydrogens is 402 g/mol. The average molecular weight is 434 g/mol. The number of aromatic amines is 1. The van der Waals surface area contributed by atoms with Gasteiger partial charge in [-0.25, -0.2) is 14.8 Å². The molecule has 1 aliphatic heterocycles. The Morgan fingerprint density at radius 1 is 1.16 bits per heavy atom. The molecule has 2 aliphatic rings. The van der Waals surface area contributed by atoms with Crippen LogP contribution in [0.15, 0.2) is 42.9 Å². The Balaban J connectivity index is 1.29. The van der Waals surface area contributed by atoms with Crippen LogP contribution in [-0.2, 0) is 11.3 Å². The molecule has 7 nitrogen and oxygen atoms in total. The zero-order chi connectivity index (χ0) is 21.9. The Labute approximate surface area is 188 Å². The number of piperidine rings is 1. The first-order chi connectivity index (χ1) is 15.7. The molecule has 2 atom stereocenters. The zero-order valence-corrected chi connectivity index (χ0v) is 18.6. The Morgan fingerprint density at radius 2 is 1.97 bits per heavy atom. The maximum Gasteiger partial charge on any atom is 0.410 e. The van der Waals surface area contributed by atoms with Crippen LogP contribution in [0.2, 0.25) is 0 Å². The van der Waals surface area contributed by atoms with Gasteiger partial charge in [-0.2, -0.15) is 0 Å². The third kappa shape index (κ3) is 4.29. The molecule has 3 heterocycles. The molecule has 2 fully saturated rings. The number of fused-ring (bicyclic) bond motifs is 1. The van der Waals surface area contributed by atoms with Gasteiger partial charge in [-0.1, -0.05) is 43.2 Å². The molecule has 2 aromatic heterocycles. The van der Waals surface area contributed by atoms with Crippen LogP contribution in [0.5, 0.6) is 0 Å². The van der Waals surface area contributed by atoms with E-state index in [1.165, 1.54) is 31.2 Å². The molecule has 1 aliphatic carbocycles. The Kier molecular flexibility index (Phi) is 5.97. The summed E-state index contributed by atoms with van der Waals surface area (Å²) in [5.74, 6) is 1.45. The van der Waals surface area contributed by atoms with Crippen molar-refractivity contribution in [1.82, 2.24) is 19.9 Å². The molecule has 5 rings (SSSR count). The molecule has 2 N–H and O–H groups in total. The van der Waals surface area contributed by atoms with Gasteiger partial charge in [0.1, 0.15) is 24.4 Å². The Hall–Kier alpha value is -3.09. The Morgan fingerprint density at radius 3 is 2.78 bits per heavy atom. The molecule has 1 saturated carbocycles. The summed E-state index contributed by atoms with van der Waals surface area (Å²) in [6.45, 7) is 2.98. The first-order valence-electron chi connectivity index (χ1n) is 11.7. The van der Waals surface area contributed by atoms with Crippen LogP contribution < -0.4 is 5.32 Å². The van der Waals surface area contributed by atoms with Gasteiger partial charge in [-0.3, -0.25) is 0 Å². The first kappa shape index (κ1) is 20.8. The van der Waals surface area contributed by atoms with Crippen LogP contribution in [0.3, 0.4) is 0 Å². The monoisotopic (exact) mass is 433 g/mol. The second kappa shape index (κ2) is 9.18. The van der Waals surface area contributed by atoms with Crippen molar-refractivity contribution in [3.8, 4) is 0 Å². The molecule has 1 saturated heterocycles. The lowest BCUT2D eigenvalue weighted by atomic mass is 9.97. The van der Waals surface area contributed by atoms with E-state index in [0.29, 0.717) is 19.1 Å². The first-order valence-corrected chi connectivity index (χ1v) is 11.7. The molecule has 0 radical (unpaired) electrons. The lowest BCUT2D eigenvalue weighted by Crippen LogP contribution is -2.49. The summed E-state index contributed by atoms with van der Waals surface area (Å²) < 4.78 is 5.61. The minimum atomic E-state index is -0.256. The van der Waals surface area contributed by atoms with E-state index >= 15 is 0 Å². The smallest absolute Gasteiger partial charge is 0.410 e. The molecule has 7 heteroatoms. The van der Waals surface area contributed by atoms with Crippen molar-refractivity contribution in [1.29, 1.82) is 0 Å². The minimum absolute atomic E-state index is 0.125. The van der Waals surface area contributed by atoms with Crippen molar-refractivity contribution in [2.75, 3.05) is 11.9 Å². The highest BCUT2D eigenvalue weighted by atomic mass is 16.6.